The highest BCUT2D eigenvalue weighted by Crippen LogP contribution is 2.30. The van der Waals surface area contributed by atoms with Crippen LogP contribution in [0, 0.1) is 18.9 Å². The van der Waals surface area contributed by atoms with Crippen molar-refractivity contribution in [3.8, 4) is 11.1 Å². The normalized spacial score (nSPS) is 10.8. The van der Waals surface area contributed by atoms with Gasteiger partial charge in [0, 0.05) is 10.9 Å². The molecule has 1 amide bonds. The molecule has 3 aromatic rings. The zero-order valence-electron chi connectivity index (χ0n) is 11.4. The Morgan fingerprint density at radius 3 is 2.81 bits per heavy atom. The lowest BCUT2D eigenvalue weighted by Crippen LogP contribution is -2.13. The number of carbonyl (C=O) groups excluding carboxylic acids is 1. The van der Waals surface area contributed by atoms with E-state index in [0.29, 0.717) is 16.5 Å². The number of nitrogens with two attached hydrogens (primary N) is 1. The summed E-state index contributed by atoms with van der Waals surface area (Å²) in [6, 6.07) is 11.9. The molecule has 0 aliphatic carbocycles. The summed E-state index contributed by atoms with van der Waals surface area (Å²) >= 11 is 0. The summed E-state index contributed by atoms with van der Waals surface area (Å²) in [7, 11) is 0. The molecule has 103 valence electrons. The van der Waals surface area contributed by atoms with E-state index in [1.165, 1.54) is 6.07 Å². The number of aromatic nitrogens is 1. The van der Waals surface area contributed by atoms with E-state index in [-0.39, 0.29) is 11.5 Å². The van der Waals surface area contributed by atoms with Crippen LogP contribution in [0.15, 0.2) is 42.5 Å². The lowest BCUT2D eigenvalue weighted by Gasteiger charge is -2.09. The minimum absolute atomic E-state index is 0.142. The van der Waals surface area contributed by atoms with Crippen LogP contribution in [0.5, 0.6) is 0 Å². The highest BCUT2D eigenvalue weighted by atomic mass is 19.1. The van der Waals surface area contributed by atoms with Gasteiger partial charge < -0.3 is 5.73 Å². The van der Waals surface area contributed by atoms with Gasteiger partial charge in [0.1, 0.15) is 11.5 Å². The predicted molar refractivity (Wildman–Crippen MR) is 79.2 cm³/mol. The van der Waals surface area contributed by atoms with Gasteiger partial charge in [-0.3, -0.25) is 4.79 Å². The predicted octanol–water partition coefficient (Wildman–Crippen LogP) is 3.25. The zero-order valence-corrected chi connectivity index (χ0v) is 11.4. The first kappa shape index (κ1) is 13.2. The van der Waals surface area contributed by atoms with Crippen molar-refractivity contribution >= 4 is 16.7 Å². The Balaban J connectivity index is 2.31. The second-order valence-corrected chi connectivity index (χ2v) is 4.83. The highest BCUT2D eigenvalue weighted by Gasteiger charge is 2.12. The van der Waals surface area contributed by atoms with Gasteiger partial charge in [-0.2, -0.15) is 0 Å². The van der Waals surface area contributed by atoms with E-state index in [4.69, 9.17) is 5.73 Å². The quantitative estimate of drug-likeness (QED) is 0.782. The Morgan fingerprint density at radius 2 is 2.10 bits per heavy atom. The van der Waals surface area contributed by atoms with Gasteiger partial charge in [0.2, 0.25) is 0 Å². The average Bonchev–Trinajstić information content (AvgIpc) is 2.46. The van der Waals surface area contributed by atoms with E-state index in [1.807, 2.05) is 19.1 Å². The third-order valence-corrected chi connectivity index (χ3v) is 3.45. The van der Waals surface area contributed by atoms with Crippen LogP contribution in [0.1, 0.15) is 16.1 Å². The summed E-state index contributed by atoms with van der Waals surface area (Å²) in [4.78, 5) is 15.4. The molecule has 0 atom stereocenters. The van der Waals surface area contributed by atoms with Gasteiger partial charge in [-0.05, 0) is 41.6 Å². The molecule has 1 radical (unpaired) electrons. The van der Waals surface area contributed by atoms with Crippen LogP contribution < -0.4 is 5.73 Å². The Labute approximate surface area is 121 Å². The number of rotatable bonds is 2. The number of amides is 1. The summed E-state index contributed by atoms with van der Waals surface area (Å²) in [5.74, 6) is -0.926. The first-order valence-corrected chi connectivity index (χ1v) is 6.44. The van der Waals surface area contributed by atoms with E-state index in [9.17, 15) is 9.18 Å². The van der Waals surface area contributed by atoms with Crippen molar-refractivity contribution in [3.05, 3.63) is 65.7 Å². The van der Waals surface area contributed by atoms with Crippen LogP contribution in [0.25, 0.3) is 21.9 Å². The van der Waals surface area contributed by atoms with Crippen LogP contribution in [0.3, 0.4) is 0 Å². The molecular formula is C17H12FN2O. The molecule has 2 aromatic carbocycles. The fourth-order valence-corrected chi connectivity index (χ4v) is 2.45. The van der Waals surface area contributed by atoms with Gasteiger partial charge in [-0.1, -0.05) is 24.3 Å². The van der Waals surface area contributed by atoms with Crippen molar-refractivity contribution < 1.29 is 9.18 Å². The molecule has 3 rings (SSSR count). The van der Waals surface area contributed by atoms with E-state index < -0.39 is 5.91 Å². The van der Waals surface area contributed by atoms with Gasteiger partial charge in [0.05, 0.1) is 6.20 Å². The summed E-state index contributed by atoms with van der Waals surface area (Å²) in [5.41, 5.74) is 7.50. The number of pyridine rings is 1. The van der Waals surface area contributed by atoms with Crippen LogP contribution in [0.4, 0.5) is 4.39 Å². The molecule has 4 heteroatoms. The second-order valence-electron chi connectivity index (χ2n) is 4.83. The Hall–Kier alpha value is -2.75. The minimum atomic E-state index is -0.626. The van der Waals surface area contributed by atoms with E-state index in [1.54, 1.807) is 24.3 Å². The zero-order chi connectivity index (χ0) is 15.0. The number of hydrogen-bond donors (Lipinski definition) is 1. The van der Waals surface area contributed by atoms with Crippen LogP contribution in [-0.2, 0) is 0 Å². The molecule has 0 saturated carbocycles. The molecular weight excluding hydrogens is 267 g/mol. The van der Waals surface area contributed by atoms with E-state index in [2.05, 4.69) is 11.2 Å². The van der Waals surface area contributed by atoms with Gasteiger partial charge in [-0.15, -0.1) is 0 Å². The Morgan fingerprint density at radius 1 is 1.29 bits per heavy atom. The molecule has 0 saturated heterocycles. The number of nitrogens with zero attached hydrogens (tertiary/aromatic N) is 1. The van der Waals surface area contributed by atoms with Crippen LogP contribution in [0.2, 0.25) is 0 Å². The van der Waals surface area contributed by atoms with Gasteiger partial charge in [0.25, 0.3) is 5.91 Å². The third kappa shape index (κ3) is 2.25. The molecule has 21 heavy (non-hydrogen) atoms. The molecule has 0 unspecified atom stereocenters. The van der Waals surface area contributed by atoms with Gasteiger partial charge >= 0.3 is 0 Å². The average molecular weight is 279 g/mol. The fourth-order valence-electron chi connectivity index (χ4n) is 2.45. The molecule has 0 spiro atoms. The number of primary amides is 1. The number of halogens is 1. The lowest BCUT2D eigenvalue weighted by molar-refractivity contribution is 0.0997. The van der Waals surface area contributed by atoms with Crippen molar-refractivity contribution in [1.29, 1.82) is 0 Å². The maximum Gasteiger partial charge on any atom is 0.267 e. The molecule has 2 N–H and O–H groups in total. The topological polar surface area (TPSA) is 56.0 Å². The van der Waals surface area contributed by atoms with E-state index >= 15 is 0 Å². The summed E-state index contributed by atoms with van der Waals surface area (Å²) in [5, 5.41) is 1.39. The van der Waals surface area contributed by atoms with Crippen LogP contribution in [-0.4, -0.2) is 10.9 Å². The number of carbonyl (C=O) groups is 1. The molecule has 3 nitrogen and oxygen atoms in total. The van der Waals surface area contributed by atoms with Gasteiger partial charge in [-0.25, -0.2) is 9.37 Å². The number of benzene rings is 2. The summed E-state index contributed by atoms with van der Waals surface area (Å²) in [6.07, 6.45) is 2.64. The van der Waals surface area contributed by atoms with Crippen molar-refractivity contribution in [1.82, 2.24) is 4.98 Å². The molecule has 0 bridgehead atoms. The molecule has 0 aliphatic heterocycles. The fraction of sp³-hybridized carbons (Fsp3) is 0.0588. The van der Waals surface area contributed by atoms with Gasteiger partial charge in [0.15, 0.2) is 0 Å². The SMILES string of the molecule is Cc1cccc(F)c1-c1ccc2c[c]nc(C(N)=O)c2c1. The van der Waals surface area contributed by atoms with Crippen molar-refractivity contribution in [2.75, 3.05) is 0 Å². The summed E-state index contributed by atoms with van der Waals surface area (Å²) in [6.45, 7) is 1.84. The van der Waals surface area contributed by atoms with Crippen LogP contribution >= 0.6 is 0 Å². The Kier molecular flexibility index (Phi) is 3.14. The molecule has 0 aliphatic rings. The maximum atomic E-state index is 14.1. The molecule has 0 fully saturated rings. The van der Waals surface area contributed by atoms with E-state index in [0.717, 1.165) is 10.9 Å². The summed E-state index contributed by atoms with van der Waals surface area (Å²) < 4.78 is 14.1. The largest absolute Gasteiger partial charge is 0.364 e. The Bertz CT molecular complexity index is 838. The van der Waals surface area contributed by atoms with Crippen molar-refractivity contribution in [3.63, 3.8) is 0 Å². The molecule has 1 heterocycles. The first-order chi connectivity index (χ1) is 10.1. The molecule has 1 aromatic heterocycles. The van der Waals surface area contributed by atoms with Crippen molar-refractivity contribution in [2.24, 2.45) is 5.73 Å². The third-order valence-electron chi connectivity index (χ3n) is 3.45. The van der Waals surface area contributed by atoms with Crippen molar-refractivity contribution in [2.45, 2.75) is 6.92 Å². The number of hydrogen-bond acceptors (Lipinski definition) is 2. The lowest BCUT2D eigenvalue weighted by atomic mass is 9.97. The highest BCUT2D eigenvalue weighted by molar-refractivity contribution is 6.05. The minimum Gasteiger partial charge on any atom is -0.364 e. The number of aryl methyl sites for hydroxylation is 1. The maximum absolute atomic E-state index is 14.1. The first-order valence-electron chi connectivity index (χ1n) is 6.44. The number of fused-ring (bicyclic) bond motifs is 1. The monoisotopic (exact) mass is 279 g/mol. The smallest absolute Gasteiger partial charge is 0.267 e. The standard InChI is InChI=1S/C17H12FN2O/c1-10-3-2-4-14(18)15(10)12-6-5-11-7-8-20-16(17(19)21)13(11)9-12/h2-7,9H,1H3,(H2,19,21). The second kappa shape index (κ2) is 4.98.